The van der Waals surface area contributed by atoms with Crippen LogP contribution in [0.3, 0.4) is 0 Å². The highest BCUT2D eigenvalue weighted by molar-refractivity contribution is 9.10. The summed E-state index contributed by atoms with van der Waals surface area (Å²) in [6, 6.07) is 22.5. The lowest BCUT2D eigenvalue weighted by Crippen LogP contribution is -2.30. The van der Waals surface area contributed by atoms with Crippen LogP contribution in [0.1, 0.15) is 28.2 Å². The van der Waals surface area contributed by atoms with Gasteiger partial charge in [-0.05, 0) is 61.9 Å². The van der Waals surface area contributed by atoms with Crippen molar-refractivity contribution in [3.05, 3.63) is 117 Å². The first-order chi connectivity index (χ1) is 16.7. The molecule has 180 valence electrons. The summed E-state index contributed by atoms with van der Waals surface area (Å²) < 4.78 is 48.9. The Hall–Kier alpha value is -3.07. The summed E-state index contributed by atoms with van der Waals surface area (Å²) in [6.07, 6.45) is 1.41. The number of hydrogen-bond donors (Lipinski definition) is 0. The molecule has 0 aliphatic rings. The SMILES string of the molecule is Cc1ccc(CN(Cc2ccc(C=Nc3ccc(Br)cc3F)o2)S(=O)(=O)c2ccc(C)cc2)cc1. The largest absolute Gasteiger partial charge is 0.459 e. The molecule has 0 spiro atoms. The number of aliphatic imine (C=N–C) groups is 1. The molecule has 0 amide bonds. The maximum atomic E-state index is 14.0. The Kier molecular flexibility index (Phi) is 7.64. The van der Waals surface area contributed by atoms with Crippen molar-refractivity contribution in [1.29, 1.82) is 0 Å². The molecular formula is C27H24BrFN2O3S. The van der Waals surface area contributed by atoms with Crippen molar-refractivity contribution >= 4 is 37.9 Å². The van der Waals surface area contributed by atoms with Gasteiger partial charge in [0.05, 0.1) is 23.3 Å². The number of aryl methyl sites for hydroxylation is 2. The number of nitrogens with zero attached hydrogens (tertiary/aromatic N) is 2. The highest BCUT2D eigenvalue weighted by atomic mass is 79.9. The second-order valence-electron chi connectivity index (χ2n) is 8.23. The summed E-state index contributed by atoms with van der Waals surface area (Å²) in [5.74, 6) is 0.381. The van der Waals surface area contributed by atoms with Crippen LogP contribution in [0.2, 0.25) is 0 Å². The second-order valence-corrected chi connectivity index (χ2v) is 11.1. The maximum Gasteiger partial charge on any atom is 0.243 e. The normalized spacial score (nSPS) is 12.0. The molecule has 0 aliphatic carbocycles. The van der Waals surface area contributed by atoms with Crippen LogP contribution in [0.5, 0.6) is 0 Å². The van der Waals surface area contributed by atoms with Crippen molar-refractivity contribution in [3.63, 3.8) is 0 Å². The summed E-state index contributed by atoms with van der Waals surface area (Å²) in [5.41, 5.74) is 3.12. The summed E-state index contributed by atoms with van der Waals surface area (Å²) in [7, 11) is -3.79. The van der Waals surface area contributed by atoms with Gasteiger partial charge in [-0.1, -0.05) is 63.5 Å². The minimum atomic E-state index is -3.79. The van der Waals surface area contributed by atoms with Gasteiger partial charge in [0.15, 0.2) is 0 Å². The lowest BCUT2D eigenvalue weighted by Gasteiger charge is -2.21. The van der Waals surface area contributed by atoms with Crippen LogP contribution in [-0.4, -0.2) is 18.9 Å². The summed E-state index contributed by atoms with van der Waals surface area (Å²) in [6.45, 7) is 4.11. The predicted molar refractivity (Wildman–Crippen MR) is 139 cm³/mol. The van der Waals surface area contributed by atoms with E-state index in [2.05, 4.69) is 20.9 Å². The van der Waals surface area contributed by atoms with Gasteiger partial charge >= 0.3 is 0 Å². The number of furan rings is 1. The Morgan fingerprint density at radius 1 is 0.914 bits per heavy atom. The van der Waals surface area contributed by atoms with Crippen LogP contribution in [0.4, 0.5) is 10.1 Å². The minimum absolute atomic E-state index is 0.0323. The maximum absolute atomic E-state index is 14.0. The summed E-state index contributed by atoms with van der Waals surface area (Å²) in [4.78, 5) is 4.36. The van der Waals surface area contributed by atoms with Gasteiger partial charge in [-0.2, -0.15) is 4.31 Å². The van der Waals surface area contributed by atoms with Crippen molar-refractivity contribution in [3.8, 4) is 0 Å². The van der Waals surface area contributed by atoms with E-state index in [-0.39, 0.29) is 23.7 Å². The zero-order valence-electron chi connectivity index (χ0n) is 19.3. The molecule has 0 saturated carbocycles. The van der Waals surface area contributed by atoms with E-state index in [1.807, 2.05) is 38.1 Å². The molecular weight excluding hydrogens is 531 g/mol. The van der Waals surface area contributed by atoms with Crippen molar-refractivity contribution in [2.75, 3.05) is 0 Å². The first-order valence-corrected chi connectivity index (χ1v) is 13.1. The molecule has 1 heterocycles. The summed E-state index contributed by atoms with van der Waals surface area (Å²) in [5, 5.41) is 0. The van der Waals surface area contributed by atoms with Crippen LogP contribution in [0, 0.1) is 19.7 Å². The molecule has 4 aromatic rings. The van der Waals surface area contributed by atoms with Crippen LogP contribution in [-0.2, 0) is 23.1 Å². The smallest absolute Gasteiger partial charge is 0.243 e. The number of sulfonamides is 1. The topological polar surface area (TPSA) is 62.9 Å². The number of halogens is 2. The highest BCUT2D eigenvalue weighted by Crippen LogP contribution is 2.24. The molecule has 4 rings (SSSR count). The fourth-order valence-electron chi connectivity index (χ4n) is 3.42. The van der Waals surface area contributed by atoms with E-state index in [0.29, 0.717) is 16.0 Å². The number of benzene rings is 3. The number of rotatable bonds is 8. The fraction of sp³-hybridized carbons (Fsp3) is 0.148. The van der Waals surface area contributed by atoms with E-state index in [0.717, 1.165) is 16.7 Å². The monoisotopic (exact) mass is 554 g/mol. The van der Waals surface area contributed by atoms with Crippen molar-refractivity contribution in [1.82, 2.24) is 4.31 Å². The Balaban J connectivity index is 1.59. The molecule has 0 bridgehead atoms. The highest BCUT2D eigenvalue weighted by Gasteiger charge is 2.26. The van der Waals surface area contributed by atoms with Crippen LogP contribution in [0.15, 0.2) is 97.6 Å². The fourth-order valence-corrected chi connectivity index (χ4v) is 5.15. The molecule has 0 radical (unpaired) electrons. The molecule has 0 unspecified atom stereocenters. The summed E-state index contributed by atoms with van der Waals surface area (Å²) >= 11 is 3.22. The van der Waals surface area contributed by atoms with Crippen LogP contribution in [0.25, 0.3) is 0 Å². The number of hydrogen-bond acceptors (Lipinski definition) is 4. The predicted octanol–water partition coefficient (Wildman–Crippen LogP) is 6.94. The van der Waals surface area contributed by atoms with Gasteiger partial charge in [0.2, 0.25) is 10.0 Å². The third-order valence-electron chi connectivity index (χ3n) is 5.39. The van der Waals surface area contributed by atoms with Crippen LogP contribution >= 0.6 is 15.9 Å². The lowest BCUT2D eigenvalue weighted by atomic mass is 10.1. The van der Waals surface area contributed by atoms with Gasteiger partial charge in [-0.25, -0.2) is 17.8 Å². The molecule has 0 fully saturated rings. The molecule has 0 aliphatic heterocycles. The molecule has 1 aromatic heterocycles. The van der Waals surface area contributed by atoms with E-state index in [9.17, 15) is 12.8 Å². The first-order valence-electron chi connectivity index (χ1n) is 10.9. The quantitative estimate of drug-likeness (QED) is 0.221. The van der Waals surface area contributed by atoms with Crippen LogP contribution < -0.4 is 0 Å². The average Bonchev–Trinajstić information content (AvgIpc) is 3.27. The Morgan fingerprint density at radius 2 is 1.57 bits per heavy atom. The van der Waals surface area contributed by atoms with Gasteiger partial charge in [0.1, 0.15) is 17.3 Å². The molecule has 35 heavy (non-hydrogen) atoms. The molecule has 0 N–H and O–H groups in total. The van der Waals surface area contributed by atoms with E-state index in [1.165, 1.54) is 16.6 Å². The molecule has 5 nitrogen and oxygen atoms in total. The Labute approximate surface area is 213 Å². The molecule has 0 saturated heterocycles. The standard InChI is InChI=1S/C27H24BrFN2O3S/c1-19-3-7-21(8-4-19)17-31(35(32,33)25-12-5-20(2)6-13-25)18-24-11-10-23(34-24)16-30-27-14-9-22(28)15-26(27)29/h3-16H,17-18H2,1-2H3. The third-order valence-corrected chi connectivity index (χ3v) is 7.69. The zero-order valence-corrected chi connectivity index (χ0v) is 21.7. The molecule has 0 atom stereocenters. The van der Waals surface area contributed by atoms with Crippen molar-refractivity contribution in [2.45, 2.75) is 31.8 Å². The van der Waals surface area contributed by atoms with Gasteiger partial charge in [0.25, 0.3) is 0 Å². The van der Waals surface area contributed by atoms with Gasteiger partial charge in [-0.15, -0.1) is 0 Å². The van der Waals surface area contributed by atoms with Crippen molar-refractivity contribution < 1.29 is 17.2 Å². The van der Waals surface area contributed by atoms with Gasteiger partial charge in [-0.3, -0.25) is 0 Å². The average molecular weight is 555 g/mol. The van der Waals surface area contributed by atoms with Crippen molar-refractivity contribution in [2.24, 2.45) is 4.99 Å². The van der Waals surface area contributed by atoms with E-state index in [4.69, 9.17) is 4.42 Å². The van der Waals surface area contributed by atoms with E-state index >= 15 is 0 Å². The minimum Gasteiger partial charge on any atom is -0.459 e. The Bertz CT molecular complexity index is 1450. The molecule has 3 aromatic carbocycles. The Morgan fingerprint density at radius 3 is 2.23 bits per heavy atom. The van der Waals surface area contributed by atoms with E-state index < -0.39 is 15.8 Å². The zero-order chi connectivity index (χ0) is 25.0. The lowest BCUT2D eigenvalue weighted by molar-refractivity contribution is 0.357. The second kappa shape index (κ2) is 10.7. The first kappa shape index (κ1) is 25.0. The van der Waals surface area contributed by atoms with E-state index in [1.54, 1.807) is 48.5 Å². The van der Waals surface area contributed by atoms with Gasteiger partial charge < -0.3 is 4.42 Å². The van der Waals surface area contributed by atoms with Gasteiger partial charge in [0, 0.05) is 11.0 Å². The third kappa shape index (κ3) is 6.33. The molecule has 8 heteroatoms.